The van der Waals surface area contributed by atoms with Gasteiger partial charge in [0.1, 0.15) is 0 Å². The van der Waals surface area contributed by atoms with Crippen LogP contribution in [0.2, 0.25) is 0 Å². The number of ether oxygens (including phenoxy) is 1. The Kier molecular flexibility index (Phi) is 3.92. The van der Waals surface area contributed by atoms with Gasteiger partial charge in [-0.1, -0.05) is 0 Å². The van der Waals surface area contributed by atoms with E-state index in [4.69, 9.17) is 4.74 Å². The van der Waals surface area contributed by atoms with Gasteiger partial charge in [-0.15, -0.1) is 0 Å². The van der Waals surface area contributed by atoms with Crippen LogP contribution in [0.1, 0.15) is 39.5 Å². The summed E-state index contributed by atoms with van der Waals surface area (Å²) in [5, 5.41) is 3.88. The van der Waals surface area contributed by atoms with Crippen molar-refractivity contribution in [2.24, 2.45) is 11.8 Å². The van der Waals surface area contributed by atoms with Crippen LogP contribution in [0.25, 0.3) is 0 Å². The summed E-state index contributed by atoms with van der Waals surface area (Å²) in [4.78, 5) is 2.60. The predicted molar refractivity (Wildman–Crippen MR) is 73.7 cm³/mol. The molecule has 3 fully saturated rings. The molecule has 0 bridgehead atoms. The van der Waals surface area contributed by atoms with Gasteiger partial charge in [0.25, 0.3) is 0 Å². The maximum atomic E-state index is 5.52. The van der Waals surface area contributed by atoms with Crippen molar-refractivity contribution >= 4 is 0 Å². The largest absolute Gasteiger partial charge is 0.379 e. The smallest absolute Gasteiger partial charge is 0.0619 e. The van der Waals surface area contributed by atoms with Gasteiger partial charge < -0.3 is 10.1 Å². The van der Waals surface area contributed by atoms with E-state index in [2.05, 4.69) is 24.1 Å². The summed E-state index contributed by atoms with van der Waals surface area (Å²) < 4.78 is 5.52. The Morgan fingerprint density at radius 2 is 1.89 bits per heavy atom. The van der Waals surface area contributed by atoms with Crippen LogP contribution >= 0.6 is 0 Å². The van der Waals surface area contributed by atoms with Gasteiger partial charge in [0.2, 0.25) is 0 Å². The van der Waals surface area contributed by atoms with Crippen LogP contribution in [-0.4, -0.2) is 49.3 Å². The Morgan fingerprint density at radius 1 is 1.22 bits per heavy atom. The van der Waals surface area contributed by atoms with E-state index in [1.165, 1.54) is 25.7 Å². The third-order valence-electron chi connectivity index (χ3n) is 4.89. The molecule has 0 aromatic carbocycles. The first-order chi connectivity index (χ1) is 8.75. The molecule has 1 N–H and O–H groups in total. The van der Waals surface area contributed by atoms with Gasteiger partial charge in [-0.05, 0) is 51.4 Å². The Bertz CT molecular complexity index is 264. The highest BCUT2D eigenvalue weighted by Gasteiger charge is 2.41. The Hall–Kier alpha value is -0.120. The molecule has 3 rings (SSSR count). The maximum absolute atomic E-state index is 5.52. The standard InChI is InChI=1S/C15H28N2O/c1-11(17-7-8-18-10-12(17)2)9-16-15(13-3-4-13)14-5-6-14/h11-16H,3-10H2,1-2H3/t11-,12+/m0/s1. The van der Waals surface area contributed by atoms with Crippen LogP contribution in [0, 0.1) is 11.8 Å². The van der Waals surface area contributed by atoms with Gasteiger partial charge in [0.15, 0.2) is 0 Å². The first-order valence-corrected chi connectivity index (χ1v) is 7.82. The van der Waals surface area contributed by atoms with E-state index in [9.17, 15) is 0 Å². The fourth-order valence-corrected chi connectivity index (χ4v) is 3.45. The summed E-state index contributed by atoms with van der Waals surface area (Å²) in [6.45, 7) is 8.71. The van der Waals surface area contributed by atoms with E-state index in [0.29, 0.717) is 12.1 Å². The lowest BCUT2D eigenvalue weighted by molar-refractivity contribution is -0.0187. The van der Waals surface area contributed by atoms with Gasteiger partial charge in [-0.2, -0.15) is 0 Å². The number of nitrogens with one attached hydrogen (secondary N) is 1. The first-order valence-electron chi connectivity index (χ1n) is 7.82. The van der Waals surface area contributed by atoms with E-state index in [1.807, 2.05) is 0 Å². The average Bonchev–Trinajstić information content (AvgIpc) is 3.24. The van der Waals surface area contributed by atoms with Crippen molar-refractivity contribution in [1.82, 2.24) is 10.2 Å². The van der Waals surface area contributed by atoms with Gasteiger partial charge in [0.05, 0.1) is 13.2 Å². The predicted octanol–water partition coefficient (Wildman–Crippen LogP) is 1.87. The molecular formula is C15H28N2O. The molecule has 1 heterocycles. The maximum Gasteiger partial charge on any atom is 0.0619 e. The fraction of sp³-hybridized carbons (Fsp3) is 1.00. The zero-order chi connectivity index (χ0) is 12.5. The Labute approximate surface area is 111 Å². The molecule has 2 atom stereocenters. The van der Waals surface area contributed by atoms with Crippen molar-refractivity contribution in [1.29, 1.82) is 0 Å². The molecule has 0 spiro atoms. The van der Waals surface area contributed by atoms with Crippen molar-refractivity contribution in [3.8, 4) is 0 Å². The topological polar surface area (TPSA) is 24.5 Å². The molecule has 104 valence electrons. The molecule has 2 saturated carbocycles. The summed E-state index contributed by atoms with van der Waals surface area (Å²) in [6, 6.07) is 2.06. The second-order valence-electron chi connectivity index (χ2n) is 6.62. The first kappa shape index (κ1) is 12.9. The number of hydrogen-bond acceptors (Lipinski definition) is 3. The highest BCUT2D eigenvalue weighted by molar-refractivity contribution is 4.96. The van der Waals surface area contributed by atoms with Gasteiger partial charge in [0, 0.05) is 31.2 Å². The van der Waals surface area contributed by atoms with Crippen LogP contribution in [0.3, 0.4) is 0 Å². The Balaban J connectivity index is 1.46. The quantitative estimate of drug-likeness (QED) is 0.781. The second kappa shape index (κ2) is 5.48. The minimum Gasteiger partial charge on any atom is -0.379 e. The zero-order valence-electron chi connectivity index (χ0n) is 11.9. The number of hydrogen-bond donors (Lipinski definition) is 1. The lowest BCUT2D eigenvalue weighted by Gasteiger charge is -2.38. The average molecular weight is 252 g/mol. The molecule has 0 aromatic rings. The minimum atomic E-state index is 0.579. The monoisotopic (exact) mass is 252 g/mol. The molecule has 1 saturated heterocycles. The van der Waals surface area contributed by atoms with Crippen LogP contribution < -0.4 is 5.32 Å². The lowest BCUT2D eigenvalue weighted by atomic mass is 10.1. The number of nitrogens with zero attached hydrogens (tertiary/aromatic N) is 1. The lowest BCUT2D eigenvalue weighted by Crippen LogP contribution is -2.52. The van der Waals surface area contributed by atoms with Crippen molar-refractivity contribution in [2.45, 2.75) is 57.7 Å². The van der Waals surface area contributed by atoms with Crippen molar-refractivity contribution < 1.29 is 4.74 Å². The third kappa shape index (κ3) is 3.06. The highest BCUT2D eigenvalue weighted by atomic mass is 16.5. The van der Waals surface area contributed by atoms with E-state index in [-0.39, 0.29) is 0 Å². The van der Waals surface area contributed by atoms with Gasteiger partial charge in [-0.3, -0.25) is 4.90 Å². The Morgan fingerprint density at radius 3 is 2.44 bits per heavy atom. The van der Waals surface area contributed by atoms with E-state index in [1.54, 1.807) is 0 Å². The summed E-state index contributed by atoms with van der Waals surface area (Å²) in [6.07, 6.45) is 5.88. The van der Waals surface area contributed by atoms with Crippen molar-refractivity contribution in [2.75, 3.05) is 26.3 Å². The van der Waals surface area contributed by atoms with Crippen LogP contribution in [0.5, 0.6) is 0 Å². The molecule has 0 radical (unpaired) electrons. The molecule has 3 nitrogen and oxygen atoms in total. The van der Waals surface area contributed by atoms with Gasteiger partial charge in [-0.25, -0.2) is 0 Å². The summed E-state index contributed by atoms with van der Waals surface area (Å²) in [7, 11) is 0. The molecule has 2 aliphatic carbocycles. The van der Waals surface area contributed by atoms with Crippen LogP contribution in [0.4, 0.5) is 0 Å². The molecule has 3 heteroatoms. The summed E-state index contributed by atoms with van der Waals surface area (Å²) in [5.74, 6) is 2.01. The van der Waals surface area contributed by atoms with Crippen molar-refractivity contribution in [3.05, 3.63) is 0 Å². The highest BCUT2D eigenvalue weighted by Crippen LogP contribution is 2.44. The third-order valence-corrected chi connectivity index (χ3v) is 4.89. The summed E-state index contributed by atoms with van der Waals surface area (Å²) in [5.41, 5.74) is 0. The molecule has 0 aromatic heterocycles. The molecule has 0 amide bonds. The normalized spacial score (nSPS) is 31.8. The van der Waals surface area contributed by atoms with E-state index < -0.39 is 0 Å². The van der Waals surface area contributed by atoms with Crippen molar-refractivity contribution in [3.63, 3.8) is 0 Å². The van der Waals surface area contributed by atoms with E-state index >= 15 is 0 Å². The number of morpholine rings is 1. The molecule has 0 unspecified atom stereocenters. The SMILES string of the molecule is C[C@@H]1COCCN1[C@@H](C)CNC(C1CC1)C1CC1. The molecule has 3 aliphatic rings. The van der Waals surface area contributed by atoms with Gasteiger partial charge >= 0.3 is 0 Å². The van der Waals surface area contributed by atoms with E-state index in [0.717, 1.165) is 44.2 Å². The fourth-order valence-electron chi connectivity index (χ4n) is 3.45. The number of rotatable bonds is 6. The molecule has 1 aliphatic heterocycles. The summed E-state index contributed by atoms with van der Waals surface area (Å²) >= 11 is 0. The second-order valence-corrected chi connectivity index (χ2v) is 6.62. The van der Waals surface area contributed by atoms with Crippen LogP contribution in [-0.2, 0) is 4.74 Å². The minimum absolute atomic E-state index is 0.579. The van der Waals surface area contributed by atoms with Crippen LogP contribution in [0.15, 0.2) is 0 Å². The molecular weight excluding hydrogens is 224 g/mol. The zero-order valence-corrected chi connectivity index (χ0v) is 11.9. The molecule has 18 heavy (non-hydrogen) atoms.